The molecule has 1 N–H and O–H groups in total. The van der Waals surface area contributed by atoms with Gasteiger partial charge in [-0.1, -0.05) is 11.6 Å². The molecule has 1 fully saturated rings. The van der Waals surface area contributed by atoms with Crippen LogP contribution in [0.4, 0.5) is 4.39 Å². The van der Waals surface area contributed by atoms with Gasteiger partial charge in [-0.3, -0.25) is 9.58 Å². The molecule has 0 saturated carbocycles. The summed E-state index contributed by atoms with van der Waals surface area (Å²) in [7, 11) is 3.83. The first-order valence-corrected chi connectivity index (χ1v) is 8.13. The molecule has 2 aromatic heterocycles. The number of halogens is 2. The summed E-state index contributed by atoms with van der Waals surface area (Å²) in [6.07, 6.45) is 5.10. The summed E-state index contributed by atoms with van der Waals surface area (Å²) in [5.41, 5.74) is 0.942. The van der Waals surface area contributed by atoms with Crippen LogP contribution in [0.15, 0.2) is 18.6 Å². The molecule has 0 radical (unpaired) electrons. The molecule has 0 unspecified atom stereocenters. The second-order valence-electron chi connectivity index (χ2n) is 6.06. The number of aromatic nitrogens is 4. The van der Waals surface area contributed by atoms with E-state index in [0.29, 0.717) is 37.6 Å². The average Bonchev–Trinajstić information content (AvgIpc) is 3.16. The zero-order valence-electron chi connectivity index (χ0n) is 13.4. The maximum Gasteiger partial charge on any atom is 0.122 e. The Morgan fingerprint density at radius 1 is 1.43 bits per heavy atom. The molecule has 0 amide bonds. The fourth-order valence-electron chi connectivity index (χ4n) is 3.05. The molecule has 2 aromatic rings. The Morgan fingerprint density at radius 3 is 2.91 bits per heavy atom. The van der Waals surface area contributed by atoms with E-state index in [0.717, 1.165) is 11.5 Å². The topological polar surface area (TPSA) is 50.9 Å². The summed E-state index contributed by atoms with van der Waals surface area (Å²) in [4.78, 5) is 6.49. The van der Waals surface area contributed by atoms with Crippen LogP contribution in [0.3, 0.4) is 0 Å². The van der Waals surface area contributed by atoms with E-state index in [4.69, 9.17) is 11.6 Å². The summed E-state index contributed by atoms with van der Waals surface area (Å²) in [5.74, 6) is 0.957. The molecular weight excluding hydrogens is 319 g/mol. The summed E-state index contributed by atoms with van der Waals surface area (Å²) in [6.45, 7) is 2.47. The third-order valence-corrected chi connectivity index (χ3v) is 4.74. The van der Waals surface area contributed by atoms with Crippen LogP contribution in [-0.2, 0) is 27.2 Å². The van der Waals surface area contributed by atoms with E-state index in [1.54, 1.807) is 17.1 Å². The van der Waals surface area contributed by atoms with Gasteiger partial charge in [-0.05, 0) is 6.42 Å². The van der Waals surface area contributed by atoms with Gasteiger partial charge in [0, 0.05) is 52.2 Å². The van der Waals surface area contributed by atoms with Crippen molar-refractivity contribution in [1.29, 1.82) is 0 Å². The number of rotatable bonds is 6. The number of imidazole rings is 1. The molecule has 0 aromatic carbocycles. The average molecular weight is 341 g/mol. The van der Waals surface area contributed by atoms with Crippen LogP contribution in [0.25, 0.3) is 0 Å². The van der Waals surface area contributed by atoms with E-state index in [1.807, 2.05) is 24.9 Å². The smallest absolute Gasteiger partial charge is 0.122 e. The Kier molecular flexibility index (Phi) is 4.99. The lowest BCUT2D eigenvalue weighted by atomic mass is 10.2. The Morgan fingerprint density at radius 2 is 2.26 bits per heavy atom. The molecule has 3 heterocycles. The molecule has 0 aliphatic carbocycles. The Balaban J connectivity index is 1.56. The van der Waals surface area contributed by atoms with E-state index in [9.17, 15) is 4.39 Å². The monoisotopic (exact) mass is 340 g/mol. The molecule has 6 nitrogen and oxygen atoms in total. The van der Waals surface area contributed by atoms with Crippen molar-refractivity contribution in [3.05, 3.63) is 35.1 Å². The predicted octanol–water partition coefficient (Wildman–Crippen LogP) is 1.51. The third kappa shape index (κ3) is 3.73. The first-order valence-electron chi connectivity index (χ1n) is 7.76. The highest BCUT2D eigenvalue weighted by atomic mass is 35.5. The SMILES string of the molecule is Cn1ccnc1CN1C[C@@H](F)C[C@H]1CNCc1c(Cl)cnn1C. The van der Waals surface area contributed by atoms with Crippen LogP contribution in [0.5, 0.6) is 0 Å². The summed E-state index contributed by atoms with van der Waals surface area (Å²) >= 11 is 6.10. The molecule has 2 atom stereocenters. The number of nitrogens with zero attached hydrogens (tertiary/aromatic N) is 5. The van der Waals surface area contributed by atoms with E-state index in [-0.39, 0.29) is 6.04 Å². The largest absolute Gasteiger partial charge is 0.337 e. The van der Waals surface area contributed by atoms with Gasteiger partial charge >= 0.3 is 0 Å². The number of aryl methyl sites for hydroxylation is 2. The lowest BCUT2D eigenvalue weighted by molar-refractivity contribution is 0.222. The van der Waals surface area contributed by atoms with Crippen molar-refractivity contribution in [1.82, 2.24) is 29.5 Å². The minimum absolute atomic E-state index is 0.161. The van der Waals surface area contributed by atoms with Gasteiger partial charge in [-0.2, -0.15) is 5.10 Å². The van der Waals surface area contributed by atoms with E-state index >= 15 is 0 Å². The standard InChI is InChI=1S/C15H22ClFN6/c1-21-4-3-19-15(21)10-23-9-11(17)5-12(23)6-18-8-14-13(16)7-20-22(14)2/h3-4,7,11-12,18H,5-6,8-10H2,1-2H3/t11-,12-/m0/s1. The van der Waals surface area contributed by atoms with E-state index in [1.165, 1.54) is 0 Å². The van der Waals surface area contributed by atoms with Gasteiger partial charge in [0.1, 0.15) is 12.0 Å². The maximum atomic E-state index is 13.8. The Bertz CT molecular complexity index is 635. The first kappa shape index (κ1) is 16.4. The van der Waals surface area contributed by atoms with Gasteiger partial charge in [0.15, 0.2) is 0 Å². The van der Waals surface area contributed by atoms with Crippen LogP contribution in [0.2, 0.25) is 5.02 Å². The summed E-state index contributed by atoms with van der Waals surface area (Å²) in [5, 5.41) is 8.14. The molecular formula is C15H22ClFN6. The Hall–Kier alpha value is -1.44. The lowest BCUT2D eigenvalue weighted by Crippen LogP contribution is -2.38. The molecule has 3 rings (SSSR count). The lowest BCUT2D eigenvalue weighted by Gasteiger charge is -2.24. The van der Waals surface area contributed by atoms with Crippen molar-refractivity contribution in [2.24, 2.45) is 14.1 Å². The summed E-state index contributed by atoms with van der Waals surface area (Å²) < 4.78 is 17.6. The minimum atomic E-state index is -0.776. The van der Waals surface area contributed by atoms with Crippen LogP contribution < -0.4 is 5.32 Å². The molecule has 8 heteroatoms. The fraction of sp³-hybridized carbons (Fsp3) is 0.600. The minimum Gasteiger partial charge on any atom is -0.337 e. The third-order valence-electron chi connectivity index (χ3n) is 4.43. The number of likely N-dealkylation sites (tertiary alicyclic amines) is 1. The van der Waals surface area contributed by atoms with Crippen molar-refractivity contribution in [2.75, 3.05) is 13.1 Å². The van der Waals surface area contributed by atoms with Crippen LogP contribution in [0.1, 0.15) is 17.9 Å². The molecule has 126 valence electrons. The molecule has 0 spiro atoms. The second kappa shape index (κ2) is 6.98. The van der Waals surface area contributed by atoms with Gasteiger partial charge in [0.05, 0.1) is 23.5 Å². The van der Waals surface area contributed by atoms with Crippen molar-refractivity contribution in [2.45, 2.75) is 31.7 Å². The van der Waals surface area contributed by atoms with Gasteiger partial charge in [0.25, 0.3) is 0 Å². The number of hydrogen-bond acceptors (Lipinski definition) is 4. The van der Waals surface area contributed by atoms with Gasteiger partial charge in [-0.15, -0.1) is 0 Å². The molecule has 1 aliphatic heterocycles. The normalized spacial score (nSPS) is 22.1. The van der Waals surface area contributed by atoms with Crippen LogP contribution in [-0.4, -0.2) is 49.5 Å². The second-order valence-corrected chi connectivity index (χ2v) is 6.47. The zero-order valence-corrected chi connectivity index (χ0v) is 14.2. The predicted molar refractivity (Wildman–Crippen MR) is 86.8 cm³/mol. The highest BCUT2D eigenvalue weighted by Crippen LogP contribution is 2.22. The Labute approximate surface area is 140 Å². The highest BCUT2D eigenvalue weighted by molar-refractivity contribution is 6.31. The van der Waals surface area contributed by atoms with Crippen molar-refractivity contribution in [3.8, 4) is 0 Å². The quantitative estimate of drug-likeness (QED) is 0.866. The molecule has 0 bridgehead atoms. The number of hydrogen-bond donors (Lipinski definition) is 1. The van der Waals surface area contributed by atoms with Gasteiger partial charge in [-0.25, -0.2) is 9.37 Å². The number of alkyl halides is 1. The molecule has 1 saturated heterocycles. The fourth-order valence-corrected chi connectivity index (χ4v) is 3.28. The van der Waals surface area contributed by atoms with E-state index < -0.39 is 6.17 Å². The number of nitrogens with one attached hydrogen (secondary N) is 1. The van der Waals surface area contributed by atoms with Crippen molar-refractivity contribution >= 4 is 11.6 Å². The first-order chi connectivity index (χ1) is 11.0. The van der Waals surface area contributed by atoms with Gasteiger partial charge in [0.2, 0.25) is 0 Å². The highest BCUT2D eigenvalue weighted by Gasteiger charge is 2.32. The van der Waals surface area contributed by atoms with Crippen LogP contribution in [0, 0.1) is 0 Å². The van der Waals surface area contributed by atoms with Crippen LogP contribution >= 0.6 is 11.6 Å². The summed E-state index contributed by atoms with van der Waals surface area (Å²) in [6, 6.07) is 0.161. The maximum absolute atomic E-state index is 13.8. The molecule has 23 heavy (non-hydrogen) atoms. The zero-order chi connectivity index (χ0) is 16.4. The van der Waals surface area contributed by atoms with Crippen molar-refractivity contribution < 1.29 is 4.39 Å². The van der Waals surface area contributed by atoms with Crippen molar-refractivity contribution in [3.63, 3.8) is 0 Å². The van der Waals surface area contributed by atoms with E-state index in [2.05, 4.69) is 20.3 Å². The molecule has 1 aliphatic rings. The van der Waals surface area contributed by atoms with Gasteiger partial charge < -0.3 is 9.88 Å².